The fourth-order valence-electron chi connectivity index (χ4n) is 5.45. The smallest absolute Gasteiger partial charge is 0.237 e. The highest BCUT2D eigenvalue weighted by atomic mass is 19.2. The minimum absolute atomic E-state index is 0.412. The Balaban J connectivity index is 2.00. The first-order valence-electron chi connectivity index (χ1n) is 12.5. The molecule has 3 aromatic carbocycles. The van der Waals surface area contributed by atoms with Crippen molar-refractivity contribution < 1.29 is 22.0 Å². The van der Waals surface area contributed by atoms with Crippen molar-refractivity contribution in [2.45, 2.75) is 0 Å². The molecule has 2 aliphatic rings. The van der Waals surface area contributed by atoms with Crippen LogP contribution in [0, 0.1) is 101 Å². The fraction of sp³-hybridized carbons (Fsp3) is 0. The van der Waals surface area contributed by atoms with Crippen LogP contribution in [-0.4, -0.2) is 0 Å². The normalized spacial score (nSPS) is 14.7. The lowest BCUT2D eigenvalue weighted by molar-refractivity contribution is 0.504. The zero-order valence-electron chi connectivity index (χ0n) is 22.9. The molecule has 0 saturated heterocycles. The van der Waals surface area contributed by atoms with E-state index >= 15 is 13.2 Å². The Labute approximate surface area is 261 Å². The van der Waals surface area contributed by atoms with E-state index in [4.69, 9.17) is 31.6 Å². The Morgan fingerprint density at radius 2 is 1.17 bits per heavy atom. The molecule has 47 heavy (non-hydrogen) atoms. The molecule has 0 bridgehead atoms. The second-order valence-corrected chi connectivity index (χ2v) is 9.40. The summed E-state index contributed by atoms with van der Waals surface area (Å²) >= 11 is 0. The van der Waals surface area contributed by atoms with Gasteiger partial charge in [-0.25, -0.2) is 51.9 Å². The van der Waals surface area contributed by atoms with Gasteiger partial charge in [-0.15, -0.1) is 0 Å². The van der Waals surface area contributed by atoms with Gasteiger partial charge in [-0.2, -0.15) is 10.5 Å². The zero-order chi connectivity index (χ0) is 34.3. The largest absolute Gasteiger partial charge is 0.270 e. The Bertz CT molecular complexity index is 2520. The lowest BCUT2D eigenvalue weighted by Gasteiger charge is -2.14. The van der Waals surface area contributed by atoms with Gasteiger partial charge in [-0.1, -0.05) is 12.1 Å². The van der Waals surface area contributed by atoms with Gasteiger partial charge in [0.25, 0.3) is 11.4 Å². The van der Waals surface area contributed by atoms with Gasteiger partial charge in [0.2, 0.25) is 11.4 Å². The first-order valence-corrected chi connectivity index (χ1v) is 12.5. The Morgan fingerprint density at radius 1 is 0.574 bits per heavy atom. The number of hydrogen-bond acceptors (Lipinski definition) is 4. The summed E-state index contributed by atoms with van der Waals surface area (Å²) in [6, 6.07) is 10.8. The predicted molar refractivity (Wildman–Crippen MR) is 154 cm³/mol. The number of rotatable bonds is 2. The summed E-state index contributed by atoms with van der Waals surface area (Å²) in [7, 11) is 0. The van der Waals surface area contributed by atoms with Gasteiger partial charge in [0.1, 0.15) is 18.0 Å². The second kappa shape index (κ2) is 11.4. The summed E-state index contributed by atoms with van der Waals surface area (Å²) in [5.74, 6) is -7.96. The van der Waals surface area contributed by atoms with E-state index in [9.17, 15) is 24.6 Å². The van der Waals surface area contributed by atoms with E-state index in [0.717, 1.165) is 30.3 Å². The van der Waals surface area contributed by atoms with Crippen LogP contribution in [0.5, 0.6) is 0 Å². The van der Waals surface area contributed by atoms with E-state index in [1.165, 1.54) is 12.1 Å². The summed E-state index contributed by atoms with van der Waals surface area (Å²) in [6.07, 6.45) is 0. The highest BCUT2D eigenvalue weighted by Gasteiger charge is 2.42. The molecule has 0 atom stereocenters. The minimum Gasteiger partial charge on any atom is -0.237 e. The molecule has 0 unspecified atom stereocenters. The van der Waals surface area contributed by atoms with Gasteiger partial charge in [-0.05, 0) is 34.9 Å². The fourth-order valence-corrected chi connectivity index (χ4v) is 5.45. The number of fused-ring (bicyclic) bond motifs is 2. The van der Waals surface area contributed by atoms with Crippen LogP contribution in [0.3, 0.4) is 0 Å². The zero-order valence-corrected chi connectivity index (χ0v) is 22.9. The Hall–Kier alpha value is -7.81. The molecule has 0 saturated carbocycles. The maximum absolute atomic E-state index is 17.0. The summed E-state index contributed by atoms with van der Waals surface area (Å²) in [4.78, 5) is 12.3. The monoisotopic (exact) mass is 620 g/mol. The van der Waals surface area contributed by atoms with Crippen molar-refractivity contribution >= 4 is 39.2 Å². The number of benzene rings is 3. The van der Waals surface area contributed by atoms with Crippen molar-refractivity contribution in [1.82, 2.24) is 0 Å². The van der Waals surface area contributed by atoms with E-state index < -0.39 is 119 Å². The van der Waals surface area contributed by atoms with Crippen molar-refractivity contribution in [3.05, 3.63) is 155 Å². The highest BCUT2D eigenvalue weighted by molar-refractivity contribution is 6.29. The van der Waals surface area contributed by atoms with Crippen LogP contribution in [-0.2, 0) is 0 Å². The molecule has 216 valence electrons. The summed E-state index contributed by atoms with van der Waals surface area (Å²) in [5, 5.41) is 39.0. The van der Waals surface area contributed by atoms with Crippen molar-refractivity contribution in [2.24, 2.45) is 0 Å². The van der Waals surface area contributed by atoms with Gasteiger partial charge in [0, 0.05) is 39.0 Å². The highest BCUT2D eigenvalue weighted by Crippen LogP contribution is 2.57. The molecule has 3 aromatic rings. The molecule has 0 amide bonds. The first-order chi connectivity index (χ1) is 22.6. The van der Waals surface area contributed by atoms with Gasteiger partial charge in [-0.3, -0.25) is 0 Å². The summed E-state index contributed by atoms with van der Waals surface area (Å²) < 4.78 is 77.3. The number of halogens is 5. The van der Waals surface area contributed by atoms with Crippen LogP contribution in [0.1, 0.15) is 38.9 Å². The third-order valence-corrected chi connectivity index (χ3v) is 7.34. The molecule has 0 aliphatic heterocycles. The Kier molecular flexibility index (Phi) is 7.41. The van der Waals surface area contributed by atoms with E-state index in [0.29, 0.717) is 0 Å². The van der Waals surface area contributed by atoms with Crippen LogP contribution >= 0.6 is 0 Å². The lowest BCUT2D eigenvalue weighted by atomic mass is 9.91. The SMILES string of the molecule is [C-]#[N+]C1=C(c2ccc([N+]#[C-])c(F)c2F)/C(=C(/C#N)[N+]#[C-])c2cc3c(c(F)c21)/C(=C(/C#N)[N+]#[C-])C(c1ccc(C#N)c(F)c1F)=C3C#N. The van der Waals surface area contributed by atoms with E-state index in [1.807, 2.05) is 0 Å². The van der Waals surface area contributed by atoms with Gasteiger partial charge >= 0.3 is 0 Å². The molecule has 0 N–H and O–H groups in total. The van der Waals surface area contributed by atoms with Crippen molar-refractivity contribution in [1.29, 1.82) is 21.0 Å². The topological polar surface area (TPSA) is 113 Å². The van der Waals surface area contributed by atoms with Crippen molar-refractivity contribution in [2.75, 3.05) is 0 Å². The third kappa shape index (κ3) is 4.12. The van der Waals surface area contributed by atoms with Crippen molar-refractivity contribution in [3.8, 4) is 24.3 Å². The maximum Gasteiger partial charge on any atom is 0.270 e. The van der Waals surface area contributed by atoms with E-state index in [-0.39, 0.29) is 0 Å². The predicted octanol–water partition coefficient (Wildman–Crippen LogP) is 8.36. The van der Waals surface area contributed by atoms with E-state index in [2.05, 4.69) is 19.4 Å². The molecule has 8 nitrogen and oxygen atoms in total. The van der Waals surface area contributed by atoms with Crippen LogP contribution in [0.4, 0.5) is 27.6 Å². The van der Waals surface area contributed by atoms with Gasteiger partial charge < -0.3 is 0 Å². The lowest BCUT2D eigenvalue weighted by Crippen LogP contribution is -2.01. The molecular weight excluding hydrogens is 615 g/mol. The molecule has 5 rings (SSSR count). The van der Waals surface area contributed by atoms with Crippen LogP contribution in [0.15, 0.2) is 41.7 Å². The van der Waals surface area contributed by atoms with Crippen LogP contribution < -0.4 is 0 Å². The van der Waals surface area contributed by atoms with Crippen LogP contribution in [0.2, 0.25) is 0 Å². The second-order valence-electron chi connectivity index (χ2n) is 9.40. The quantitative estimate of drug-likeness (QED) is 0.163. The molecule has 0 aromatic heterocycles. The summed E-state index contributed by atoms with van der Waals surface area (Å²) in [5.41, 5.74) is -10.4. The summed E-state index contributed by atoms with van der Waals surface area (Å²) in [6.45, 7) is 30.0. The standard InChI is InChI=1S/C34H5F5N8/c1-44-20-8-7-16(31(37)32(20)38)26-24(21(12-42)45-2)18-9-17-19(11-41)23(15-6-5-14(10-40)29(35)30(15)36)28(22(13-43)46-3)25(17)33(39)27(18)34(26)47-4/h5-9H/b24-21-,28-22-. The number of allylic oxidation sites excluding steroid dienone is 7. The molecule has 2 aliphatic carbocycles. The van der Waals surface area contributed by atoms with Crippen molar-refractivity contribution in [3.63, 3.8) is 0 Å². The van der Waals surface area contributed by atoms with Crippen LogP contribution in [0.25, 0.3) is 52.9 Å². The molecule has 0 fully saturated rings. The molecule has 0 heterocycles. The average molecular weight is 620 g/mol. The number of nitrogens with zero attached hydrogens (tertiary/aromatic N) is 8. The molecule has 0 spiro atoms. The van der Waals surface area contributed by atoms with E-state index in [1.54, 1.807) is 12.1 Å². The van der Waals surface area contributed by atoms with Gasteiger partial charge in [0.15, 0.2) is 23.3 Å². The third-order valence-electron chi connectivity index (χ3n) is 7.34. The Morgan fingerprint density at radius 3 is 1.72 bits per heavy atom. The molecular formula is C34H5F5N8. The molecule has 0 radical (unpaired) electrons. The number of nitriles is 4. The minimum atomic E-state index is -1.66. The average Bonchev–Trinajstić information content (AvgIpc) is 3.58. The maximum atomic E-state index is 17.0. The first kappa shape index (κ1) is 30.6. The number of hydrogen-bond donors (Lipinski definition) is 0. The van der Waals surface area contributed by atoms with Gasteiger partial charge in [0.05, 0.1) is 49.6 Å². The molecule has 13 heteroatoms.